The molecule has 0 radical (unpaired) electrons. The molecule has 1 saturated heterocycles. The van der Waals surface area contributed by atoms with Crippen molar-refractivity contribution in [3.05, 3.63) is 39.7 Å². The van der Waals surface area contributed by atoms with Crippen molar-refractivity contribution in [2.75, 3.05) is 20.2 Å². The van der Waals surface area contributed by atoms with E-state index >= 15 is 0 Å². The molecule has 1 heterocycles. The number of amides is 1. The fourth-order valence-corrected chi connectivity index (χ4v) is 2.08. The fraction of sp³-hybridized carbons (Fsp3) is 0.417. The first-order valence-corrected chi connectivity index (χ1v) is 5.79. The van der Waals surface area contributed by atoms with Gasteiger partial charge in [-0.15, -0.1) is 0 Å². The van der Waals surface area contributed by atoms with Crippen LogP contribution in [0.15, 0.2) is 18.2 Å². The molecule has 1 fully saturated rings. The van der Waals surface area contributed by atoms with Crippen molar-refractivity contribution < 1.29 is 18.8 Å². The molecule has 2 rings (SSSR count). The second-order valence-corrected chi connectivity index (χ2v) is 4.32. The first-order chi connectivity index (χ1) is 9.02. The SMILES string of the molecule is COC1CCN(C(=O)c2ccc([N+](=O)[O-])c(F)c2)C1. The first kappa shape index (κ1) is 13.4. The maximum Gasteiger partial charge on any atom is 0.304 e. The number of carbonyl (C=O) groups is 1. The molecule has 6 nitrogen and oxygen atoms in total. The molecule has 1 aromatic rings. The minimum atomic E-state index is -1.00. The molecule has 0 aromatic heterocycles. The number of ether oxygens (including phenoxy) is 1. The molecule has 102 valence electrons. The van der Waals surface area contributed by atoms with Gasteiger partial charge in [0.25, 0.3) is 5.91 Å². The lowest BCUT2D eigenvalue weighted by atomic mass is 10.1. The summed E-state index contributed by atoms with van der Waals surface area (Å²) in [6, 6.07) is 3.18. The van der Waals surface area contributed by atoms with E-state index in [1.165, 1.54) is 6.07 Å². The van der Waals surface area contributed by atoms with Gasteiger partial charge in [0.15, 0.2) is 0 Å². The number of methoxy groups -OCH3 is 1. The summed E-state index contributed by atoms with van der Waals surface area (Å²) in [6.45, 7) is 0.990. The van der Waals surface area contributed by atoms with Gasteiger partial charge in [0.1, 0.15) is 0 Å². The maximum atomic E-state index is 13.5. The Labute approximate surface area is 108 Å². The van der Waals surface area contributed by atoms with E-state index in [2.05, 4.69) is 0 Å². The average Bonchev–Trinajstić information content (AvgIpc) is 2.86. The number of rotatable bonds is 3. The highest BCUT2D eigenvalue weighted by Gasteiger charge is 2.27. The fourth-order valence-electron chi connectivity index (χ4n) is 2.08. The van der Waals surface area contributed by atoms with Crippen LogP contribution < -0.4 is 0 Å². The summed E-state index contributed by atoms with van der Waals surface area (Å²) in [7, 11) is 1.57. The minimum Gasteiger partial charge on any atom is -0.380 e. The quantitative estimate of drug-likeness (QED) is 0.616. The number of hydrogen-bond donors (Lipinski definition) is 0. The van der Waals surface area contributed by atoms with Gasteiger partial charge in [-0.1, -0.05) is 0 Å². The van der Waals surface area contributed by atoms with Crippen LogP contribution in [0.2, 0.25) is 0 Å². The highest BCUT2D eigenvalue weighted by Crippen LogP contribution is 2.21. The minimum absolute atomic E-state index is 0.00755. The van der Waals surface area contributed by atoms with Crippen LogP contribution in [0.1, 0.15) is 16.8 Å². The van der Waals surface area contributed by atoms with Crippen LogP contribution in [-0.2, 0) is 4.74 Å². The van der Waals surface area contributed by atoms with E-state index in [9.17, 15) is 19.3 Å². The van der Waals surface area contributed by atoms with Crippen molar-refractivity contribution in [3.8, 4) is 0 Å². The molecule has 1 amide bonds. The van der Waals surface area contributed by atoms with E-state index in [0.717, 1.165) is 18.6 Å². The molecule has 1 aromatic carbocycles. The zero-order valence-electron chi connectivity index (χ0n) is 10.3. The topological polar surface area (TPSA) is 72.7 Å². The van der Waals surface area contributed by atoms with Gasteiger partial charge in [-0.2, -0.15) is 4.39 Å². The third kappa shape index (κ3) is 2.70. The smallest absolute Gasteiger partial charge is 0.304 e. The van der Waals surface area contributed by atoms with Crippen molar-refractivity contribution >= 4 is 11.6 Å². The lowest BCUT2D eigenvalue weighted by molar-refractivity contribution is -0.387. The molecule has 1 aliphatic heterocycles. The predicted molar refractivity (Wildman–Crippen MR) is 64.4 cm³/mol. The van der Waals surface area contributed by atoms with Crippen LogP contribution in [0, 0.1) is 15.9 Å². The molecule has 0 spiro atoms. The summed E-state index contributed by atoms with van der Waals surface area (Å²) in [5.41, 5.74) is -0.521. The van der Waals surface area contributed by atoms with Gasteiger partial charge in [0.05, 0.1) is 11.0 Å². The van der Waals surface area contributed by atoms with Gasteiger partial charge in [0, 0.05) is 31.8 Å². The number of nitro groups is 1. The molecule has 1 aliphatic rings. The number of carbonyl (C=O) groups excluding carboxylic acids is 1. The lowest BCUT2D eigenvalue weighted by Gasteiger charge is -2.16. The van der Waals surface area contributed by atoms with Crippen LogP contribution >= 0.6 is 0 Å². The van der Waals surface area contributed by atoms with Crippen LogP contribution in [0.3, 0.4) is 0 Å². The molecule has 0 saturated carbocycles. The van der Waals surface area contributed by atoms with Crippen LogP contribution in [0.4, 0.5) is 10.1 Å². The second-order valence-electron chi connectivity index (χ2n) is 4.32. The predicted octanol–water partition coefficient (Wildman–Crippen LogP) is 1.59. The molecular formula is C12H13FN2O4. The van der Waals surface area contributed by atoms with Gasteiger partial charge in [0.2, 0.25) is 5.82 Å². The van der Waals surface area contributed by atoms with Crippen LogP contribution in [-0.4, -0.2) is 42.0 Å². The first-order valence-electron chi connectivity index (χ1n) is 5.79. The van der Waals surface area contributed by atoms with E-state index in [-0.39, 0.29) is 17.6 Å². The second kappa shape index (κ2) is 5.31. The molecule has 19 heavy (non-hydrogen) atoms. The van der Waals surface area contributed by atoms with E-state index in [1.54, 1.807) is 12.0 Å². The highest BCUT2D eigenvalue weighted by molar-refractivity contribution is 5.94. The lowest BCUT2D eigenvalue weighted by Crippen LogP contribution is -2.30. The van der Waals surface area contributed by atoms with Crippen LogP contribution in [0.5, 0.6) is 0 Å². The van der Waals surface area contributed by atoms with Crippen molar-refractivity contribution in [3.63, 3.8) is 0 Å². The normalized spacial score (nSPS) is 18.6. The van der Waals surface area contributed by atoms with Gasteiger partial charge in [-0.05, 0) is 18.6 Å². The summed E-state index contributed by atoms with van der Waals surface area (Å²) in [5.74, 6) is -1.34. The Bertz CT molecular complexity index is 520. The molecule has 0 aliphatic carbocycles. The summed E-state index contributed by atoms with van der Waals surface area (Å²) < 4.78 is 18.6. The standard InChI is InChI=1S/C12H13FN2O4/c1-19-9-4-5-14(7-9)12(16)8-2-3-11(15(17)18)10(13)6-8/h2-3,6,9H,4-5,7H2,1H3. The summed E-state index contributed by atoms with van der Waals surface area (Å²) in [4.78, 5) is 23.3. The van der Waals surface area contributed by atoms with Crippen molar-refractivity contribution in [2.45, 2.75) is 12.5 Å². The van der Waals surface area contributed by atoms with Crippen molar-refractivity contribution in [2.24, 2.45) is 0 Å². The number of likely N-dealkylation sites (tertiary alicyclic amines) is 1. The monoisotopic (exact) mass is 268 g/mol. The number of nitrogens with zero attached hydrogens (tertiary/aromatic N) is 2. The van der Waals surface area contributed by atoms with Crippen molar-refractivity contribution in [1.82, 2.24) is 4.90 Å². The van der Waals surface area contributed by atoms with Crippen LogP contribution in [0.25, 0.3) is 0 Å². The number of halogens is 1. The van der Waals surface area contributed by atoms with E-state index in [1.807, 2.05) is 0 Å². The van der Waals surface area contributed by atoms with Gasteiger partial charge >= 0.3 is 5.69 Å². The van der Waals surface area contributed by atoms with Gasteiger partial charge in [-0.25, -0.2) is 0 Å². The molecule has 1 atom stereocenters. The zero-order valence-corrected chi connectivity index (χ0v) is 10.3. The molecule has 7 heteroatoms. The summed E-state index contributed by atoms with van der Waals surface area (Å²) >= 11 is 0. The van der Waals surface area contributed by atoms with E-state index in [0.29, 0.717) is 13.1 Å². The molecule has 0 N–H and O–H groups in total. The van der Waals surface area contributed by atoms with Gasteiger partial charge < -0.3 is 9.64 Å². The molecule has 1 unspecified atom stereocenters. The largest absolute Gasteiger partial charge is 0.380 e. The number of benzene rings is 1. The highest BCUT2D eigenvalue weighted by atomic mass is 19.1. The molecule has 0 bridgehead atoms. The molecular weight excluding hydrogens is 255 g/mol. The summed E-state index contributed by atoms with van der Waals surface area (Å²) in [5, 5.41) is 10.5. The number of hydrogen-bond acceptors (Lipinski definition) is 4. The Morgan fingerprint density at radius 1 is 1.58 bits per heavy atom. The Kier molecular flexibility index (Phi) is 3.75. The Morgan fingerprint density at radius 3 is 2.84 bits per heavy atom. The third-order valence-electron chi connectivity index (χ3n) is 3.16. The van der Waals surface area contributed by atoms with E-state index < -0.39 is 16.4 Å². The van der Waals surface area contributed by atoms with Crippen molar-refractivity contribution in [1.29, 1.82) is 0 Å². The Hall–Kier alpha value is -2.02. The van der Waals surface area contributed by atoms with Gasteiger partial charge in [-0.3, -0.25) is 14.9 Å². The summed E-state index contributed by atoms with van der Waals surface area (Å²) in [6.07, 6.45) is 0.726. The number of nitro benzene ring substituents is 1. The van der Waals surface area contributed by atoms with E-state index in [4.69, 9.17) is 4.74 Å². The zero-order chi connectivity index (χ0) is 14.0. The Balaban J connectivity index is 2.16. The average molecular weight is 268 g/mol. The maximum absolute atomic E-state index is 13.5. The third-order valence-corrected chi connectivity index (χ3v) is 3.16. The Morgan fingerprint density at radius 2 is 2.32 bits per heavy atom.